The molecule has 1 unspecified atom stereocenters. The molecule has 3 aromatic rings. The summed E-state index contributed by atoms with van der Waals surface area (Å²) in [6, 6.07) is 17.3. The van der Waals surface area contributed by atoms with E-state index in [0.29, 0.717) is 0 Å². The summed E-state index contributed by atoms with van der Waals surface area (Å²) < 4.78 is 0. The van der Waals surface area contributed by atoms with Gasteiger partial charge in [-0.2, -0.15) is 0 Å². The summed E-state index contributed by atoms with van der Waals surface area (Å²) in [5.41, 5.74) is 8.68. The van der Waals surface area contributed by atoms with Crippen LogP contribution in [-0.4, -0.2) is 39.5 Å². The van der Waals surface area contributed by atoms with E-state index in [1.807, 2.05) is 0 Å². The zero-order valence-electron chi connectivity index (χ0n) is 19.8. The fourth-order valence-corrected chi connectivity index (χ4v) is 4.55. The van der Waals surface area contributed by atoms with Gasteiger partial charge in [0.1, 0.15) is 0 Å². The molecule has 2 heterocycles. The first-order valence-electron chi connectivity index (χ1n) is 11.9. The highest BCUT2D eigenvalue weighted by Gasteiger charge is 2.29. The van der Waals surface area contributed by atoms with Gasteiger partial charge in [-0.25, -0.2) is 9.97 Å². The van der Waals surface area contributed by atoms with Crippen molar-refractivity contribution in [2.24, 2.45) is 0 Å². The largest absolute Gasteiger partial charge is 0.481 e. The van der Waals surface area contributed by atoms with Crippen LogP contribution >= 0.6 is 0 Å². The molecule has 0 saturated carbocycles. The van der Waals surface area contributed by atoms with Crippen LogP contribution in [0, 0.1) is 13.8 Å². The third-order valence-electron chi connectivity index (χ3n) is 6.57. The Morgan fingerprint density at radius 2 is 1.48 bits per heavy atom. The molecule has 4 rings (SSSR count). The van der Waals surface area contributed by atoms with Gasteiger partial charge in [-0.1, -0.05) is 72.5 Å². The molecule has 0 amide bonds. The highest BCUT2D eigenvalue weighted by Crippen LogP contribution is 2.36. The summed E-state index contributed by atoms with van der Waals surface area (Å²) in [5.74, 6) is -0.715. The van der Waals surface area contributed by atoms with Gasteiger partial charge in [0.15, 0.2) is 0 Å². The van der Waals surface area contributed by atoms with Gasteiger partial charge in [0.05, 0.1) is 28.8 Å². The molecule has 5 heteroatoms. The van der Waals surface area contributed by atoms with Gasteiger partial charge >= 0.3 is 5.97 Å². The van der Waals surface area contributed by atoms with E-state index >= 15 is 0 Å². The number of carbonyl (C=O) groups is 1. The van der Waals surface area contributed by atoms with Gasteiger partial charge in [-0.3, -0.25) is 9.69 Å². The molecule has 0 saturated heterocycles. The summed E-state index contributed by atoms with van der Waals surface area (Å²) >= 11 is 0. The third kappa shape index (κ3) is 5.48. The molecule has 1 N–H and O–H groups in total. The average Bonchev–Trinajstić information content (AvgIpc) is 2.80. The molecule has 0 bridgehead atoms. The summed E-state index contributed by atoms with van der Waals surface area (Å²) in [6.07, 6.45) is 4.74. The molecule has 2 aromatic carbocycles. The van der Waals surface area contributed by atoms with E-state index < -0.39 is 5.97 Å². The van der Waals surface area contributed by atoms with E-state index in [1.54, 1.807) is 0 Å². The Morgan fingerprint density at radius 1 is 0.909 bits per heavy atom. The number of aryl methyl sites for hydroxylation is 2. The Balaban J connectivity index is 1.71. The van der Waals surface area contributed by atoms with Crippen molar-refractivity contribution in [2.45, 2.75) is 58.4 Å². The lowest BCUT2D eigenvalue weighted by Crippen LogP contribution is -2.34. The fraction of sp³-hybridized carbons (Fsp3) is 0.393. The van der Waals surface area contributed by atoms with Gasteiger partial charge in [0.25, 0.3) is 0 Å². The number of likely N-dealkylation sites (N-methyl/N-ethyl adjacent to an activating group) is 1. The van der Waals surface area contributed by atoms with Crippen molar-refractivity contribution in [2.75, 3.05) is 13.6 Å². The molecule has 1 aliphatic heterocycles. The molecular weight excluding hydrogens is 410 g/mol. The molecule has 0 fully saturated rings. The second-order valence-electron chi connectivity index (χ2n) is 9.22. The lowest BCUT2D eigenvalue weighted by molar-refractivity contribution is -0.137. The SMILES string of the molecule is Cc1ccc(-c2nc3c(nc2-c2ccc(C)cc2)C(CCCCCC(=O)O)N(C)CC3)cc1. The van der Waals surface area contributed by atoms with Gasteiger partial charge in [0, 0.05) is 30.5 Å². The Kier molecular flexibility index (Phi) is 7.19. The number of aliphatic carboxylic acids is 1. The van der Waals surface area contributed by atoms with Crippen LogP contribution in [0.15, 0.2) is 48.5 Å². The molecule has 172 valence electrons. The van der Waals surface area contributed by atoms with Gasteiger partial charge in [-0.05, 0) is 33.7 Å². The number of hydrogen-bond acceptors (Lipinski definition) is 4. The zero-order chi connectivity index (χ0) is 23.4. The second-order valence-corrected chi connectivity index (χ2v) is 9.22. The molecule has 1 aliphatic rings. The maximum Gasteiger partial charge on any atom is 0.303 e. The van der Waals surface area contributed by atoms with Crippen LogP contribution in [0.3, 0.4) is 0 Å². The van der Waals surface area contributed by atoms with Crippen LogP contribution in [0.25, 0.3) is 22.5 Å². The number of carboxylic acids is 1. The minimum atomic E-state index is -0.715. The van der Waals surface area contributed by atoms with Crippen LogP contribution in [-0.2, 0) is 11.2 Å². The Morgan fingerprint density at radius 3 is 2.06 bits per heavy atom. The lowest BCUT2D eigenvalue weighted by Gasteiger charge is -2.34. The number of carboxylic acid groups (broad SMARTS) is 1. The first kappa shape index (κ1) is 23.1. The zero-order valence-corrected chi connectivity index (χ0v) is 19.8. The van der Waals surface area contributed by atoms with Crippen LogP contribution in [0.2, 0.25) is 0 Å². The van der Waals surface area contributed by atoms with Crippen molar-refractivity contribution in [3.8, 4) is 22.5 Å². The first-order valence-corrected chi connectivity index (χ1v) is 11.9. The number of fused-ring (bicyclic) bond motifs is 1. The lowest BCUT2D eigenvalue weighted by atomic mass is 9.95. The molecule has 1 atom stereocenters. The van der Waals surface area contributed by atoms with Crippen molar-refractivity contribution in [1.82, 2.24) is 14.9 Å². The summed E-state index contributed by atoms with van der Waals surface area (Å²) in [6.45, 7) is 5.15. The molecule has 5 nitrogen and oxygen atoms in total. The van der Waals surface area contributed by atoms with E-state index in [-0.39, 0.29) is 12.5 Å². The number of benzene rings is 2. The highest BCUT2D eigenvalue weighted by molar-refractivity contribution is 5.78. The summed E-state index contributed by atoms with van der Waals surface area (Å²) in [7, 11) is 2.16. The number of unbranched alkanes of at least 4 members (excludes halogenated alkanes) is 2. The summed E-state index contributed by atoms with van der Waals surface area (Å²) in [5, 5.41) is 8.90. The van der Waals surface area contributed by atoms with Crippen molar-refractivity contribution in [3.05, 3.63) is 71.0 Å². The summed E-state index contributed by atoms with van der Waals surface area (Å²) in [4.78, 5) is 23.7. The fourth-order valence-electron chi connectivity index (χ4n) is 4.55. The number of nitrogens with zero attached hydrogens (tertiary/aromatic N) is 3. The molecule has 1 aromatic heterocycles. The Hall–Kier alpha value is -3.05. The predicted molar refractivity (Wildman–Crippen MR) is 132 cm³/mol. The maximum absolute atomic E-state index is 10.8. The van der Waals surface area contributed by atoms with E-state index in [2.05, 4.69) is 74.3 Å². The van der Waals surface area contributed by atoms with E-state index in [0.717, 1.165) is 72.6 Å². The van der Waals surface area contributed by atoms with Gasteiger partial charge in [0.2, 0.25) is 0 Å². The van der Waals surface area contributed by atoms with E-state index in [4.69, 9.17) is 15.1 Å². The van der Waals surface area contributed by atoms with E-state index in [1.165, 1.54) is 11.1 Å². The predicted octanol–water partition coefficient (Wildman–Crippen LogP) is 5.99. The van der Waals surface area contributed by atoms with Crippen molar-refractivity contribution in [3.63, 3.8) is 0 Å². The first-order chi connectivity index (χ1) is 15.9. The molecule has 33 heavy (non-hydrogen) atoms. The topological polar surface area (TPSA) is 66.3 Å². The van der Waals surface area contributed by atoms with Crippen LogP contribution < -0.4 is 0 Å². The van der Waals surface area contributed by atoms with Gasteiger partial charge < -0.3 is 5.11 Å². The Labute approximate surface area is 196 Å². The highest BCUT2D eigenvalue weighted by atomic mass is 16.4. The molecule has 0 spiro atoms. The number of aromatic nitrogens is 2. The molecule has 0 aliphatic carbocycles. The van der Waals surface area contributed by atoms with E-state index in [9.17, 15) is 4.79 Å². The Bertz CT molecular complexity index is 1110. The number of hydrogen-bond donors (Lipinski definition) is 1. The third-order valence-corrected chi connectivity index (χ3v) is 6.57. The number of rotatable bonds is 8. The minimum Gasteiger partial charge on any atom is -0.481 e. The van der Waals surface area contributed by atoms with Gasteiger partial charge in [-0.15, -0.1) is 0 Å². The average molecular weight is 444 g/mol. The maximum atomic E-state index is 10.8. The van der Waals surface area contributed by atoms with Crippen LogP contribution in [0.1, 0.15) is 60.7 Å². The standard InChI is InChI=1S/C28H33N3O2/c1-19-9-13-21(14-10-19)26-27(22-15-11-20(2)12-16-22)30-28-23(29-26)17-18-31(3)24(28)7-5-4-6-8-25(32)33/h9-16,24H,4-8,17-18H2,1-3H3,(H,32,33). The molecular formula is C28H33N3O2. The molecule has 0 radical (unpaired) electrons. The van der Waals surface area contributed by atoms with Crippen molar-refractivity contribution >= 4 is 5.97 Å². The minimum absolute atomic E-state index is 0.211. The van der Waals surface area contributed by atoms with Crippen molar-refractivity contribution < 1.29 is 9.90 Å². The van der Waals surface area contributed by atoms with Crippen LogP contribution in [0.4, 0.5) is 0 Å². The van der Waals surface area contributed by atoms with Crippen molar-refractivity contribution in [1.29, 1.82) is 0 Å². The quantitative estimate of drug-likeness (QED) is 0.433. The monoisotopic (exact) mass is 443 g/mol. The normalized spacial score (nSPS) is 15.9. The van der Waals surface area contributed by atoms with Crippen LogP contribution in [0.5, 0.6) is 0 Å². The smallest absolute Gasteiger partial charge is 0.303 e. The second kappa shape index (κ2) is 10.3.